The van der Waals surface area contributed by atoms with Crippen LogP contribution in [-0.4, -0.2) is 12.6 Å². The molecule has 0 heterocycles. The summed E-state index contributed by atoms with van der Waals surface area (Å²) in [6.07, 6.45) is 12.8. The first-order valence-electron chi connectivity index (χ1n) is 6.71. The fraction of sp³-hybridized carbons (Fsp3) is 0.857. The highest BCUT2D eigenvalue weighted by atomic mass is 14.9. The Morgan fingerprint density at radius 3 is 2.27 bits per heavy atom. The van der Waals surface area contributed by atoms with Crippen LogP contribution in [-0.2, 0) is 0 Å². The molecule has 0 aliphatic heterocycles. The summed E-state index contributed by atoms with van der Waals surface area (Å²) in [5.74, 6) is 0. The van der Waals surface area contributed by atoms with E-state index in [-0.39, 0.29) is 0 Å². The van der Waals surface area contributed by atoms with Gasteiger partial charge in [0.05, 0.1) is 0 Å². The summed E-state index contributed by atoms with van der Waals surface area (Å²) < 4.78 is 0. The van der Waals surface area contributed by atoms with Gasteiger partial charge in [-0.3, -0.25) is 0 Å². The van der Waals surface area contributed by atoms with Crippen molar-refractivity contribution in [1.29, 1.82) is 0 Å². The van der Waals surface area contributed by atoms with E-state index in [0.29, 0.717) is 6.04 Å². The second-order valence-electron chi connectivity index (χ2n) is 4.35. The Hall–Kier alpha value is -0.300. The number of nitrogens with one attached hydrogen (secondary N) is 1. The zero-order valence-corrected chi connectivity index (χ0v) is 10.7. The van der Waals surface area contributed by atoms with Crippen molar-refractivity contribution in [2.75, 3.05) is 6.54 Å². The van der Waals surface area contributed by atoms with Gasteiger partial charge in [-0.25, -0.2) is 0 Å². The number of rotatable bonds is 11. The van der Waals surface area contributed by atoms with Gasteiger partial charge in [0, 0.05) is 6.04 Å². The molecule has 0 aliphatic rings. The molecule has 0 radical (unpaired) electrons. The van der Waals surface area contributed by atoms with Crippen molar-refractivity contribution in [3.8, 4) is 0 Å². The van der Waals surface area contributed by atoms with Crippen LogP contribution in [0.15, 0.2) is 12.7 Å². The minimum atomic E-state index is 0.538. The van der Waals surface area contributed by atoms with Crippen molar-refractivity contribution in [2.45, 2.75) is 71.3 Å². The maximum Gasteiger partial charge on any atom is 0.0247 e. The van der Waals surface area contributed by atoms with Crippen LogP contribution in [0.3, 0.4) is 0 Å². The molecule has 0 aromatic heterocycles. The molecular formula is C14H29N. The zero-order chi connectivity index (χ0) is 11.4. The van der Waals surface area contributed by atoms with Crippen molar-refractivity contribution in [3.63, 3.8) is 0 Å². The van der Waals surface area contributed by atoms with Crippen LogP contribution in [0.25, 0.3) is 0 Å². The van der Waals surface area contributed by atoms with Crippen LogP contribution in [0.2, 0.25) is 0 Å². The fourth-order valence-electron chi connectivity index (χ4n) is 1.78. The van der Waals surface area contributed by atoms with E-state index in [2.05, 4.69) is 31.8 Å². The van der Waals surface area contributed by atoms with E-state index >= 15 is 0 Å². The van der Waals surface area contributed by atoms with Gasteiger partial charge in [0.2, 0.25) is 0 Å². The molecule has 0 aromatic carbocycles. The van der Waals surface area contributed by atoms with Crippen molar-refractivity contribution >= 4 is 0 Å². The second kappa shape index (κ2) is 11.8. The van der Waals surface area contributed by atoms with Gasteiger partial charge in [0.15, 0.2) is 0 Å². The highest BCUT2D eigenvalue weighted by molar-refractivity contribution is 4.84. The molecule has 1 N–H and O–H groups in total. The lowest BCUT2D eigenvalue weighted by molar-refractivity contribution is 0.509. The normalized spacial score (nSPS) is 12.7. The summed E-state index contributed by atoms with van der Waals surface area (Å²) in [5, 5.41) is 3.50. The average molecular weight is 211 g/mol. The van der Waals surface area contributed by atoms with Crippen molar-refractivity contribution < 1.29 is 0 Å². The summed E-state index contributed by atoms with van der Waals surface area (Å²) in [5.41, 5.74) is 0. The maximum atomic E-state index is 3.88. The molecule has 15 heavy (non-hydrogen) atoms. The molecular weight excluding hydrogens is 182 g/mol. The molecule has 0 bridgehead atoms. The Kier molecular flexibility index (Phi) is 11.5. The van der Waals surface area contributed by atoms with Crippen molar-refractivity contribution in [3.05, 3.63) is 12.7 Å². The third-order valence-electron chi connectivity index (χ3n) is 2.81. The van der Waals surface area contributed by atoms with E-state index in [1.54, 1.807) is 0 Å². The molecule has 90 valence electrons. The quantitative estimate of drug-likeness (QED) is 0.397. The Balaban J connectivity index is 3.26. The molecule has 0 fully saturated rings. The number of unbranched alkanes of at least 4 members (excludes halogenated alkanes) is 5. The van der Waals surface area contributed by atoms with Crippen molar-refractivity contribution in [1.82, 2.24) is 5.32 Å². The third kappa shape index (κ3) is 9.99. The van der Waals surface area contributed by atoms with Gasteiger partial charge in [-0.1, -0.05) is 58.4 Å². The summed E-state index contributed by atoms with van der Waals surface area (Å²) in [6, 6.07) is 0.538. The summed E-state index contributed by atoms with van der Waals surface area (Å²) >= 11 is 0. The van der Waals surface area contributed by atoms with Gasteiger partial charge in [0.25, 0.3) is 0 Å². The largest absolute Gasteiger partial charge is 0.311 e. The maximum absolute atomic E-state index is 3.88. The first kappa shape index (κ1) is 14.7. The van der Waals surface area contributed by atoms with Crippen LogP contribution < -0.4 is 5.32 Å². The van der Waals surface area contributed by atoms with Gasteiger partial charge in [-0.05, 0) is 19.4 Å². The Bertz CT molecular complexity index is 131. The summed E-state index contributed by atoms with van der Waals surface area (Å²) in [7, 11) is 0. The van der Waals surface area contributed by atoms with Gasteiger partial charge in [0.1, 0.15) is 0 Å². The molecule has 1 atom stereocenters. The minimum absolute atomic E-state index is 0.538. The predicted octanol–water partition coefficient (Wildman–Crippen LogP) is 4.29. The first-order valence-corrected chi connectivity index (χ1v) is 6.71. The Morgan fingerprint density at radius 2 is 1.67 bits per heavy atom. The minimum Gasteiger partial charge on any atom is -0.311 e. The Labute approximate surface area is 96.3 Å². The Morgan fingerprint density at radius 1 is 1.00 bits per heavy atom. The molecule has 0 amide bonds. The first-order chi connectivity index (χ1) is 7.35. The molecule has 1 nitrogen and oxygen atoms in total. The highest BCUT2D eigenvalue weighted by Gasteiger charge is 2.01. The van der Waals surface area contributed by atoms with E-state index in [0.717, 1.165) is 6.54 Å². The standard InChI is InChI=1S/C14H29N/c1-4-7-8-9-10-11-12-14(6-3)15-13-5-2/h6,14-15H,3-5,7-13H2,1-2H3. The van der Waals surface area contributed by atoms with E-state index in [4.69, 9.17) is 0 Å². The summed E-state index contributed by atoms with van der Waals surface area (Å²) in [6.45, 7) is 9.47. The fourth-order valence-corrected chi connectivity index (χ4v) is 1.78. The van der Waals surface area contributed by atoms with Crippen LogP contribution in [0, 0.1) is 0 Å². The molecule has 0 saturated carbocycles. The highest BCUT2D eigenvalue weighted by Crippen LogP contribution is 2.09. The molecule has 0 spiro atoms. The monoisotopic (exact) mass is 211 g/mol. The molecule has 0 aromatic rings. The van der Waals surface area contributed by atoms with Crippen LogP contribution in [0.1, 0.15) is 65.2 Å². The summed E-state index contributed by atoms with van der Waals surface area (Å²) in [4.78, 5) is 0. The van der Waals surface area contributed by atoms with Crippen molar-refractivity contribution in [2.24, 2.45) is 0 Å². The topological polar surface area (TPSA) is 12.0 Å². The molecule has 1 unspecified atom stereocenters. The van der Waals surface area contributed by atoms with E-state index in [9.17, 15) is 0 Å². The van der Waals surface area contributed by atoms with Gasteiger partial charge < -0.3 is 5.32 Å². The smallest absolute Gasteiger partial charge is 0.0247 e. The van der Waals surface area contributed by atoms with Crippen LogP contribution in [0.5, 0.6) is 0 Å². The lowest BCUT2D eigenvalue weighted by Crippen LogP contribution is -2.27. The zero-order valence-electron chi connectivity index (χ0n) is 10.7. The lowest BCUT2D eigenvalue weighted by atomic mass is 10.1. The molecule has 1 heteroatoms. The van der Waals surface area contributed by atoms with E-state index in [1.165, 1.54) is 51.4 Å². The molecule has 0 saturated heterocycles. The van der Waals surface area contributed by atoms with E-state index in [1.807, 2.05) is 0 Å². The average Bonchev–Trinajstić information content (AvgIpc) is 2.27. The van der Waals surface area contributed by atoms with Gasteiger partial charge >= 0.3 is 0 Å². The lowest BCUT2D eigenvalue weighted by Gasteiger charge is -2.13. The third-order valence-corrected chi connectivity index (χ3v) is 2.81. The predicted molar refractivity (Wildman–Crippen MR) is 70.3 cm³/mol. The van der Waals surface area contributed by atoms with Gasteiger partial charge in [-0.15, -0.1) is 6.58 Å². The molecule has 0 aliphatic carbocycles. The SMILES string of the molecule is C=CC(CCCCCCCC)NCCC. The second-order valence-corrected chi connectivity index (χ2v) is 4.35. The van der Waals surface area contributed by atoms with Gasteiger partial charge in [-0.2, -0.15) is 0 Å². The number of hydrogen-bond donors (Lipinski definition) is 1. The number of hydrogen-bond acceptors (Lipinski definition) is 1. The molecule has 0 rings (SSSR count). The van der Waals surface area contributed by atoms with Crippen LogP contribution in [0.4, 0.5) is 0 Å². The van der Waals surface area contributed by atoms with E-state index < -0.39 is 0 Å². The van der Waals surface area contributed by atoms with Crippen LogP contribution >= 0.6 is 0 Å².